The van der Waals surface area contributed by atoms with Gasteiger partial charge in [-0.05, 0) is 47.2 Å². The van der Waals surface area contributed by atoms with Crippen molar-refractivity contribution < 1.29 is 20.5 Å². The predicted molar refractivity (Wildman–Crippen MR) is 127 cm³/mol. The summed E-state index contributed by atoms with van der Waals surface area (Å²) in [6.45, 7) is 14.8. The second-order valence-corrected chi connectivity index (χ2v) is 10.5. The lowest BCUT2D eigenvalue weighted by molar-refractivity contribution is 0.0933. The molecule has 168 valence electrons. The number of nitrogens with zero attached hydrogens (tertiary/aromatic N) is 1. The van der Waals surface area contributed by atoms with E-state index in [0.717, 1.165) is 37.6 Å². The molecule has 0 aromatic heterocycles. The van der Waals surface area contributed by atoms with E-state index in [2.05, 4.69) is 44.1 Å². The van der Waals surface area contributed by atoms with Crippen molar-refractivity contribution in [2.45, 2.75) is 67.4 Å². The van der Waals surface area contributed by atoms with Crippen molar-refractivity contribution in [3.05, 3.63) is 0 Å². The van der Waals surface area contributed by atoms with E-state index in [1.54, 1.807) is 0 Å². The van der Waals surface area contributed by atoms with Crippen LogP contribution in [0.3, 0.4) is 0 Å². The lowest BCUT2D eigenvalue weighted by Gasteiger charge is -2.35. The van der Waals surface area contributed by atoms with Crippen LogP contribution in [-0.2, 0) is 14.0 Å². The van der Waals surface area contributed by atoms with Crippen LogP contribution in [0.15, 0.2) is 0 Å². The number of hydrogen-bond acceptors (Lipinski definition) is 7. The van der Waals surface area contributed by atoms with Gasteiger partial charge in [0.05, 0.1) is 26.4 Å². The highest BCUT2D eigenvalue weighted by Crippen LogP contribution is 2.40. The summed E-state index contributed by atoms with van der Waals surface area (Å²) in [6.07, 6.45) is 2.10. The fraction of sp³-hybridized carbons (Fsp3) is 1.00. The average molecular weight is 451 g/mol. The molecule has 0 saturated carbocycles. The monoisotopic (exact) mass is 450 g/mol. The third-order valence-electron chi connectivity index (χ3n) is 3.23. The zero-order chi connectivity index (χ0) is 21.6. The van der Waals surface area contributed by atoms with Crippen LogP contribution in [0.1, 0.15) is 56.7 Å². The molecular weight excluding hydrogens is 401 g/mol. The Bertz CT molecular complexity index is 305. The van der Waals surface area contributed by atoms with E-state index in [-0.39, 0.29) is 7.43 Å². The van der Waals surface area contributed by atoms with Crippen molar-refractivity contribution in [2.75, 3.05) is 57.8 Å². The van der Waals surface area contributed by atoms with Crippen LogP contribution in [0.2, 0.25) is 0 Å². The molecule has 0 bridgehead atoms. The third kappa shape index (κ3) is 20.0. The summed E-state index contributed by atoms with van der Waals surface area (Å²) in [6, 6.07) is 1.01. The van der Waals surface area contributed by atoms with Gasteiger partial charge in [-0.3, -0.25) is 4.67 Å². The molecule has 1 N–H and O–H groups in total. The van der Waals surface area contributed by atoms with Crippen LogP contribution in [-0.4, -0.2) is 81.1 Å². The maximum absolute atomic E-state index is 6.53. The molecule has 0 amide bonds. The predicted octanol–water partition coefficient (Wildman–Crippen LogP) is 5.52. The Labute approximate surface area is 181 Å². The van der Waals surface area contributed by atoms with Gasteiger partial charge in [-0.25, -0.2) is 0 Å². The molecular formula is C19H46NO4PS2. The molecule has 1 unspecified atom stereocenters. The molecule has 0 fully saturated rings. The first-order valence-electron chi connectivity index (χ1n) is 10.5. The summed E-state index contributed by atoms with van der Waals surface area (Å²) in [4.78, 5) is 0. The summed E-state index contributed by atoms with van der Waals surface area (Å²) >= 11 is 0. The molecule has 27 heavy (non-hydrogen) atoms. The Morgan fingerprint density at radius 1 is 0.963 bits per heavy atom. The van der Waals surface area contributed by atoms with Crippen molar-refractivity contribution in [3.63, 3.8) is 0 Å². The Morgan fingerprint density at radius 3 is 1.96 bits per heavy atom. The average Bonchev–Trinajstić information content (AvgIpc) is 2.66. The first kappa shape index (κ1) is 27.9. The van der Waals surface area contributed by atoms with E-state index in [0.29, 0.717) is 38.5 Å². The largest absolute Gasteiger partial charge is 0.394 e. The van der Waals surface area contributed by atoms with Gasteiger partial charge in [0.1, 0.15) is 8.30 Å². The summed E-state index contributed by atoms with van der Waals surface area (Å²) in [5, 5.41) is 4.18. The Hall–Kier alpha value is 0.930. The van der Waals surface area contributed by atoms with Crippen LogP contribution < -0.4 is 0 Å². The smallest absolute Gasteiger partial charge is 0.210 e. The number of hydrogen-bond donors (Lipinski definition) is 1. The molecule has 0 rings (SSSR count). The maximum Gasteiger partial charge on any atom is 0.210 e. The van der Waals surface area contributed by atoms with Gasteiger partial charge in [0.25, 0.3) is 0 Å². The molecule has 1 atom stereocenters. The van der Waals surface area contributed by atoms with E-state index >= 15 is 0 Å². The van der Waals surface area contributed by atoms with E-state index in [9.17, 15) is 0 Å². The van der Waals surface area contributed by atoms with Crippen LogP contribution in [0, 0.1) is 0 Å². The van der Waals surface area contributed by atoms with Gasteiger partial charge in [-0.2, -0.15) is 0 Å². The van der Waals surface area contributed by atoms with Crippen LogP contribution in [0.5, 0.6) is 0 Å². The molecule has 0 radical (unpaired) electrons. The van der Waals surface area contributed by atoms with E-state index in [1.165, 1.54) is 7.40 Å². The van der Waals surface area contributed by atoms with Gasteiger partial charge in [-0.15, -0.1) is 0 Å². The highest BCUT2D eigenvalue weighted by atomic mass is 33.1. The molecule has 8 heteroatoms. The second kappa shape index (κ2) is 23.2. The van der Waals surface area contributed by atoms with Gasteiger partial charge < -0.3 is 19.1 Å². The fourth-order valence-corrected chi connectivity index (χ4v) is 6.26. The summed E-state index contributed by atoms with van der Waals surface area (Å²) < 4.78 is 31.6. The van der Waals surface area contributed by atoms with Gasteiger partial charge in [0.2, 0.25) is 1.43 Å². The second-order valence-electron chi connectivity index (χ2n) is 6.14. The first-order valence-corrected chi connectivity index (χ1v) is 13.3. The van der Waals surface area contributed by atoms with Crippen molar-refractivity contribution in [1.82, 2.24) is 4.67 Å². The van der Waals surface area contributed by atoms with Crippen LogP contribution >= 0.6 is 29.9 Å². The Balaban J connectivity index is -0.00000218. The normalized spacial score (nSPS) is 13.1. The molecule has 0 aliphatic rings. The molecule has 0 spiro atoms. The van der Waals surface area contributed by atoms with E-state index in [4.69, 9.17) is 16.8 Å². The summed E-state index contributed by atoms with van der Waals surface area (Å²) in [7, 11) is 4.48. The van der Waals surface area contributed by atoms with Crippen LogP contribution in [0.4, 0.5) is 0 Å². The summed E-state index contributed by atoms with van der Waals surface area (Å²) in [5.74, 6) is 2.19. The summed E-state index contributed by atoms with van der Waals surface area (Å²) in [5.41, 5.74) is 0. The molecule has 0 heterocycles. The number of rotatable bonds is 19. The Morgan fingerprint density at radius 2 is 1.48 bits per heavy atom. The van der Waals surface area contributed by atoms with E-state index < -0.39 is 8.30 Å². The van der Waals surface area contributed by atoms with Crippen molar-refractivity contribution in [3.8, 4) is 0 Å². The van der Waals surface area contributed by atoms with Crippen molar-refractivity contribution in [1.29, 1.82) is 1.43 Å². The maximum atomic E-state index is 6.53. The first-order chi connectivity index (χ1) is 13.5. The lowest BCUT2D eigenvalue weighted by Crippen LogP contribution is -2.32. The van der Waals surface area contributed by atoms with Gasteiger partial charge >= 0.3 is 0 Å². The SMILES string of the molecule is C.[2H]OCCOCCCSSCCCOCCOP(C)N(C(C)C)C(C)C.[3H]C. The lowest BCUT2D eigenvalue weighted by atomic mass is 10.3. The number of aliphatic hydroxyl groups excluding tert-OH is 1. The van der Waals surface area contributed by atoms with Crippen LogP contribution in [0.25, 0.3) is 0 Å². The zero-order valence-electron chi connectivity index (χ0n) is 19.6. The quantitative estimate of drug-likeness (QED) is 0.158. The minimum Gasteiger partial charge on any atom is -0.394 e. The van der Waals surface area contributed by atoms with Crippen molar-refractivity contribution in [2.24, 2.45) is 0 Å². The highest BCUT2D eigenvalue weighted by molar-refractivity contribution is 8.76. The standard InChI is InChI=1S/C17H38NO4PS2.2CH4/c1-16(2)18(17(3)4)23(5)22-13-12-21-10-7-15-25-24-14-6-9-20-11-8-19;;/h16-17,19H,6-15H2,1-5H3;2*1H4/i19D;1T;. The minimum atomic E-state index is -0.545. The topological polar surface area (TPSA) is 51.2 Å². The van der Waals surface area contributed by atoms with Gasteiger partial charge in [0.15, 0.2) is 0 Å². The van der Waals surface area contributed by atoms with E-state index in [1.807, 2.05) is 21.6 Å². The van der Waals surface area contributed by atoms with Crippen molar-refractivity contribution >= 4 is 29.9 Å². The number of ether oxygens (including phenoxy) is 2. The van der Waals surface area contributed by atoms with Gasteiger partial charge in [0, 0.05) is 38.2 Å². The number of aliphatic hydroxyl groups is 1. The highest BCUT2D eigenvalue weighted by Gasteiger charge is 2.20. The zero-order valence-corrected chi connectivity index (χ0v) is 20.1. The fourth-order valence-electron chi connectivity index (χ4n) is 2.36. The van der Waals surface area contributed by atoms with Gasteiger partial charge in [-0.1, -0.05) is 36.4 Å². The molecule has 0 aliphatic carbocycles. The minimum absolute atomic E-state index is 0. The molecule has 0 aliphatic heterocycles. The third-order valence-corrected chi connectivity index (χ3v) is 7.94. The molecule has 5 nitrogen and oxygen atoms in total. The molecule has 0 aromatic carbocycles. The molecule has 0 saturated heterocycles. The Kier molecular flexibility index (Phi) is 24.0. The molecule has 0 aromatic rings.